The summed E-state index contributed by atoms with van der Waals surface area (Å²) in [5, 5.41) is 0. The molecule has 132 valence electrons. The summed E-state index contributed by atoms with van der Waals surface area (Å²) >= 11 is 0. The molecule has 0 aromatic rings. The van der Waals surface area contributed by atoms with Gasteiger partial charge in [0, 0.05) is 0 Å². The van der Waals surface area contributed by atoms with E-state index in [1.165, 1.54) is 12.5 Å². The summed E-state index contributed by atoms with van der Waals surface area (Å²) in [5.41, 5.74) is 0. The molecule has 0 fully saturated rings. The molecule has 0 amide bonds. The summed E-state index contributed by atoms with van der Waals surface area (Å²) in [6.07, 6.45) is 2.62. The van der Waals surface area contributed by atoms with E-state index >= 15 is 0 Å². The predicted octanol–water partition coefficient (Wildman–Crippen LogP) is 0.0398. The quantitative estimate of drug-likeness (QED) is 0.266. The topological polar surface area (TPSA) is 181 Å². The van der Waals surface area contributed by atoms with Crippen LogP contribution in [0.2, 0.25) is 0 Å². The second-order valence-corrected chi connectivity index (χ2v) is 4.01. The standard InChI is InChI=1S/C4H6O.CF.3FHO3S/c1-3-5-4-2;1-2;3*1-5(2,3)4/h3-4H,1-2H2;;3*(H,2,3,4)/q;+3;;;/p-3. The zero-order valence-corrected chi connectivity index (χ0v) is 12.3. The number of hydrogen-bond donors (Lipinski definition) is 0. The van der Waals surface area contributed by atoms with Crippen LogP contribution in [0, 0.1) is 7.18 Å². The summed E-state index contributed by atoms with van der Waals surface area (Å²) in [7, 11) is -12.0. The van der Waals surface area contributed by atoms with Crippen molar-refractivity contribution in [3.8, 4) is 0 Å². The maximum atomic E-state index is 10.1. The van der Waals surface area contributed by atoms with Gasteiger partial charge in [-0.25, -0.2) is 25.3 Å². The van der Waals surface area contributed by atoms with Gasteiger partial charge < -0.3 is 18.4 Å². The average molecular weight is 398 g/mol. The molecule has 0 aliphatic carbocycles. The van der Waals surface area contributed by atoms with Gasteiger partial charge in [-0.2, -0.15) is 0 Å². The van der Waals surface area contributed by atoms with Crippen LogP contribution in [0.25, 0.3) is 0 Å². The zero-order chi connectivity index (χ0) is 19.6. The van der Waals surface area contributed by atoms with Crippen LogP contribution in [-0.2, 0) is 36.2 Å². The molecule has 0 rings (SSSR count). The van der Waals surface area contributed by atoms with Gasteiger partial charge in [0.15, 0.2) is 0 Å². The Morgan fingerprint density at radius 2 is 0.818 bits per heavy atom. The van der Waals surface area contributed by atoms with Crippen LogP contribution >= 0.6 is 0 Å². The molecule has 0 unspecified atom stereocenters. The molecule has 0 radical (unpaired) electrons. The van der Waals surface area contributed by atoms with Crippen molar-refractivity contribution >= 4 is 31.5 Å². The third-order valence-electron chi connectivity index (χ3n) is 0.192. The van der Waals surface area contributed by atoms with E-state index in [1.54, 1.807) is 0 Å². The molecule has 0 atom stereocenters. The Morgan fingerprint density at radius 3 is 0.818 bits per heavy atom. The molecular formula is C5H6F4O10S3. The van der Waals surface area contributed by atoms with Crippen LogP contribution in [0.1, 0.15) is 0 Å². The second-order valence-electron chi connectivity index (χ2n) is 1.65. The maximum absolute atomic E-state index is 10.1. The summed E-state index contributed by atoms with van der Waals surface area (Å²) in [6, 6.07) is 0. The van der Waals surface area contributed by atoms with E-state index < -0.39 is 31.5 Å². The van der Waals surface area contributed by atoms with Gasteiger partial charge in [-0.1, -0.05) is 13.2 Å². The first-order valence-electron chi connectivity index (χ1n) is 3.44. The number of ether oxygens (including phenoxy) is 1. The zero-order valence-electron chi connectivity index (χ0n) is 9.89. The van der Waals surface area contributed by atoms with Crippen LogP contribution in [-0.4, -0.2) is 38.9 Å². The van der Waals surface area contributed by atoms with E-state index in [4.69, 9.17) is 43.3 Å². The third kappa shape index (κ3) is 11000. The Bertz CT molecular complexity index is 450. The van der Waals surface area contributed by atoms with Crippen molar-refractivity contribution in [1.82, 2.24) is 0 Å². The minimum atomic E-state index is -5.42. The number of hydrogen-bond acceptors (Lipinski definition) is 10. The molecule has 22 heavy (non-hydrogen) atoms. The Balaban J connectivity index is -0.0000000562. The van der Waals surface area contributed by atoms with Gasteiger partial charge >= 0.3 is 11.6 Å². The van der Waals surface area contributed by atoms with Gasteiger partial charge in [0.1, 0.15) is 0 Å². The van der Waals surface area contributed by atoms with Crippen LogP contribution in [0.3, 0.4) is 0 Å². The minimum absolute atomic E-state index is 1.31. The predicted molar refractivity (Wildman–Crippen MR) is 58.2 cm³/mol. The van der Waals surface area contributed by atoms with E-state index in [9.17, 15) is 11.7 Å². The van der Waals surface area contributed by atoms with Gasteiger partial charge in [0.05, 0.1) is 12.5 Å². The van der Waals surface area contributed by atoms with E-state index in [-0.39, 0.29) is 0 Å². The first kappa shape index (κ1) is 32.6. The third-order valence-corrected chi connectivity index (χ3v) is 0.192. The fraction of sp³-hybridized carbons (Fsp3) is 0. The SMILES string of the molecule is C=COC=C.O=S(=O)([O-])F.O=S(=O)([O-])F.O=S(=O)([O-])F.[C+3]F. The van der Waals surface area contributed by atoms with E-state index in [2.05, 4.69) is 25.1 Å². The Kier molecular flexibility index (Phi) is 26.4. The van der Waals surface area contributed by atoms with Gasteiger partial charge in [-0.05, 0) is 0 Å². The normalized spacial score (nSPS) is 9.50. The number of rotatable bonds is 2. The first-order chi connectivity index (χ1) is 9.41. The van der Waals surface area contributed by atoms with Gasteiger partial charge in [-0.3, -0.25) is 0 Å². The molecule has 0 saturated heterocycles. The fourth-order valence-electron chi connectivity index (χ4n) is 0.0680. The van der Waals surface area contributed by atoms with Crippen molar-refractivity contribution in [3.63, 3.8) is 0 Å². The van der Waals surface area contributed by atoms with Gasteiger partial charge in [0.25, 0.3) is 31.5 Å². The monoisotopic (exact) mass is 398 g/mol. The second kappa shape index (κ2) is 17.8. The molecule has 17 heteroatoms. The van der Waals surface area contributed by atoms with E-state index in [1.807, 2.05) is 0 Å². The fourth-order valence-corrected chi connectivity index (χ4v) is 0.0680. The Hall–Kier alpha value is -1.27. The van der Waals surface area contributed by atoms with E-state index in [0.717, 1.165) is 0 Å². The molecule has 0 aromatic heterocycles. The Morgan fingerprint density at radius 1 is 0.727 bits per heavy atom. The summed E-state index contributed by atoms with van der Waals surface area (Å²) in [6.45, 7) is 6.51. The van der Waals surface area contributed by atoms with Crippen LogP contribution in [0.15, 0.2) is 25.7 Å². The summed E-state index contributed by atoms with van der Waals surface area (Å²) in [5.74, 6) is 0. The summed E-state index contributed by atoms with van der Waals surface area (Å²) < 4.78 is 119. The van der Waals surface area contributed by atoms with Crippen LogP contribution < -0.4 is 0 Å². The van der Waals surface area contributed by atoms with Crippen molar-refractivity contribution in [3.05, 3.63) is 32.9 Å². The van der Waals surface area contributed by atoms with Gasteiger partial charge in [0.2, 0.25) is 0 Å². The molecule has 0 saturated carbocycles. The molecule has 0 spiro atoms. The van der Waals surface area contributed by atoms with Crippen LogP contribution in [0.4, 0.5) is 16.0 Å². The summed E-state index contributed by atoms with van der Waals surface area (Å²) in [4.78, 5) is 0. The van der Waals surface area contributed by atoms with Crippen molar-refractivity contribution in [2.75, 3.05) is 0 Å². The molecule has 0 bridgehead atoms. The number of halogens is 4. The molecule has 0 aromatic carbocycles. The first-order valence-corrected chi connectivity index (χ1v) is 7.37. The Labute approximate surface area is 124 Å². The average Bonchev–Trinajstić information content (AvgIpc) is 2.14. The van der Waals surface area contributed by atoms with Crippen LogP contribution in [0.5, 0.6) is 0 Å². The van der Waals surface area contributed by atoms with Gasteiger partial charge in [-0.15, -0.1) is 11.7 Å². The van der Waals surface area contributed by atoms with E-state index in [0.29, 0.717) is 0 Å². The molecule has 10 nitrogen and oxygen atoms in total. The molecule has 0 heterocycles. The molecular weight excluding hydrogens is 392 g/mol. The van der Waals surface area contributed by atoms with Crippen molar-refractivity contribution in [1.29, 1.82) is 0 Å². The molecule has 0 aliphatic rings. The molecule has 0 N–H and O–H groups in total. The molecule has 0 aliphatic heterocycles. The van der Waals surface area contributed by atoms with Crippen molar-refractivity contribution < 1.29 is 59.7 Å². The van der Waals surface area contributed by atoms with Crippen molar-refractivity contribution in [2.24, 2.45) is 0 Å². The van der Waals surface area contributed by atoms with Crippen molar-refractivity contribution in [2.45, 2.75) is 0 Å².